The van der Waals surface area contributed by atoms with Crippen molar-refractivity contribution in [3.63, 3.8) is 0 Å². The maximum absolute atomic E-state index is 4.83. The summed E-state index contributed by atoms with van der Waals surface area (Å²) in [5.41, 5.74) is 2.60. The number of nitrogens with zero attached hydrogens (tertiary/aromatic N) is 1. The van der Waals surface area contributed by atoms with Gasteiger partial charge in [0.25, 0.3) is 0 Å². The predicted octanol–water partition coefficient (Wildman–Crippen LogP) is 4.59. The minimum Gasteiger partial charge on any atom is -0.286 e. The van der Waals surface area contributed by atoms with E-state index in [1.165, 1.54) is 37.0 Å². The zero-order valence-corrected chi connectivity index (χ0v) is 11.3. The van der Waals surface area contributed by atoms with Crippen LogP contribution in [0.1, 0.15) is 44.6 Å². The number of hydrogen-bond acceptors (Lipinski definition) is 1. The molecule has 1 saturated carbocycles. The lowest BCUT2D eigenvalue weighted by Gasteiger charge is -2.06. The molecule has 0 amide bonds. The fraction of sp³-hybridized carbons (Fsp3) is 0.500. The quantitative estimate of drug-likeness (QED) is 0.699. The van der Waals surface area contributed by atoms with Gasteiger partial charge in [-0.15, -0.1) is 0 Å². The van der Waals surface area contributed by atoms with Crippen LogP contribution in [0.25, 0.3) is 0 Å². The Morgan fingerprint density at radius 3 is 2.56 bits per heavy atom. The molecule has 0 aliphatic heterocycles. The molecule has 0 radical (unpaired) electrons. The molecule has 0 heterocycles. The maximum Gasteiger partial charge on any atom is 0.0504 e. The summed E-state index contributed by atoms with van der Waals surface area (Å²) in [5.74, 6) is 0. The van der Waals surface area contributed by atoms with Gasteiger partial charge in [-0.25, -0.2) is 0 Å². The lowest BCUT2D eigenvalue weighted by atomic mass is 10.0. The summed E-state index contributed by atoms with van der Waals surface area (Å²) in [6, 6.07) is 9.16. The van der Waals surface area contributed by atoms with E-state index in [-0.39, 0.29) is 0 Å². The monoisotopic (exact) mass is 279 g/mol. The van der Waals surface area contributed by atoms with Crippen LogP contribution < -0.4 is 0 Å². The molecule has 1 fully saturated rings. The van der Waals surface area contributed by atoms with Crippen LogP contribution in [0.2, 0.25) is 0 Å². The Kier molecular flexibility index (Phi) is 4.16. The maximum atomic E-state index is 4.83. The highest BCUT2D eigenvalue weighted by Crippen LogP contribution is 2.25. The Hall–Kier alpha value is -0.630. The Labute approximate surface area is 106 Å². The van der Waals surface area contributed by atoms with Gasteiger partial charge in [0.15, 0.2) is 0 Å². The highest BCUT2D eigenvalue weighted by Gasteiger charge is 2.21. The summed E-state index contributed by atoms with van der Waals surface area (Å²) in [6.45, 7) is 2.23. The first-order chi connectivity index (χ1) is 7.79. The zero-order chi connectivity index (χ0) is 11.4. The lowest BCUT2D eigenvalue weighted by Crippen LogP contribution is -2.02. The minimum absolute atomic E-state index is 0.621. The van der Waals surface area contributed by atoms with Crippen molar-refractivity contribution >= 4 is 21.6 Å². The van der Waals surface area contributed by atoms with Crippen molar-refractivity contribution in [3.8, 4) is 0 Å². The first-order valence-corrected chi connectivity index (χ1v) is 6.91. The molecular formula is C14H18BrN. The van der Waals surface area contributed by atoms with Crippen LogP contribution in [0, 0.1) is 0 Å². The van der Waals surface area contributed by atoms with Gasteiger partial charge in [-0.1, -0.05) is 41.4 Å². The molecule has 0 aromatic heterocycles. The van der Waals surface area contributed by atoms with Gasteiger partial charge in [0.05, 0.1) is 6.04 Å². The molecule has 86 valence electrons. The summed E-state index contributed by atoms with van der Waals surface area (Å²) >= 11 is 3.47. The molecule has 1 aliphatic carbocycles. The van der Waals surface area contributed by atoms with Crippen LogP contribution in [0.4, 0.5) is 0 Å². The van der Waals surface area contributed by atoms with Crippen molar-refractivity contribution in [2.24, 2.45) is 4.99 Å². The van der Waals surface area contributed by atoms with E-state index in [4.69, 9.17) is 4.99 Å². The Bertz CT molecular complexity index is 363. The molecule has 1 nitrogen and oxygen atoms in total. The van der Waals surface area contributed by atoms with Gasteiger partial charge >= 0.3 is 0 Å². The van der Waals surface area contributed by atoms with Gasteiger partial charge in [0, 0.05) is 10.2 Å². The second kappa shape index (κ2) is 5.62. The summed E-state index contributed by atoms with van der Waals surface area (Å²) < 4.78 is 1.14. The van der Waals surface area contributed by atoms with Crippen LogP contribution in [-0.2, 0) is 0 Å². The van der Waals surface area contributed by atoms with E-state index < -0.39 is 0 Å². The highest BCUT2D eigenvalue weighted by molar-refractivity contribution is 9.10. The molecule has 1 aromatic carbocycles. The van der Waals surface area contributed by atoms with Gasteiger partial charge in [0.1, 0.15) is 0 Å². The number of aliphatic imine (C=N–C) groups is 1. The van der Waals surface area contributed by atoms with Crippen molar-refractivity contribution in [2.45, 2.75) is 45.1 Å². The Morgan fingerprint density at radius 1 is 1.31 bits per heavy atom. The van der Waals surface area contributed by atoms with Gasteiger partial charge < -0.3 is 0 Å². The molecule has 2 rings (SSSR count). The van der Waals surface area contributed by atoms with Crippen LogP contribution in [0.15, 0.2) is 33.7 Å². The molecule has 0 saturated heterocycles. The van der Waals surface area contributed by atoms with Crippen LogP contribution in [-0.4, -0.2) is 11.8 Å². The molecule has 0 atom stereocenters. The molecule has 2 heteroatoms. The van der Waals surface area contributed by atoms with Crippen LogP contribution in [0.5, 0.6) is 0 Å². The normalized spacial score (nSPS) is 16.5. The largest absolute Gasteiger partial charge is 0.286 e. The Morgan fingerprint density at radius 2 is 2.00 bits per heavy atom. The molecule has 1 aromatic rings. The van der Waals surface area contributed by atoms with Crippen LogP contribution >= 0.6 is 15.9 Å². The highest BCUT2D eigenvalue weighted by atomic mass is 79.9. The van der Waals surface area contributed by atoms with Crippen molar-refractivity contribution in [1.29, 1.82) is 0 Å². The van der Waals surface area contributed by atoms with Crippen molar-refractivity contribution in [2.75, 3.05) is 0 Å². The SMILES string of the molecule is CCCCC(=NC1CC1)c1ccc(Br)cc1. The fourth-order valence-electron chi connectivity index (χ4n) is 1.69. The van der Waals surface area contributed by atoms with E-state index >= 15 is 0 Å². The van der Waals surface area contributed by atoms with Gasteiger partial charge in [0.2, 0.25) is 0 Å². The molecule has 0 N–H and O–H groups in total. The molecule has 1 aliphatic rings. The third-order valence-corrected chi connectivity index (χ3v) is 3.36. The standard InChI is InChI=1S/C14H18BrN/c1-2-3-4-14(16-13-9-10-13)11-5-7-12(15)8-6-11/h5-8,13H,2-4,9-10H2,1H3. The fourth-order valence-corrected chi connectivity index (χ4v) is 1.96. The third-order valence-electron chi connectivity index (χ3n) is 2.83. The lowest BCUT2D eigenvalue weighted by molar-refractivity contribution is 0.830. The van der Waals surface area contributed by atoms with E-state index in [1.807, 2.05) is 0 Å². The number of hydrogen-bond donors (Lipinski definition) is 0. The molecule has 0 spiro atoms. The van der Waals surface area contributed by atoms with E-state index in [9.17, 15) is 0 Å². The average Bonchev–Trinajstić information content (AvgIpc) is 3.09. The van der Waals surface area contributed by atoms with E-state index in [0.29, 0.717) is 6.04 Å². The van der Waals surface area contributed by atoms with E-state index in [1.54, 1.807) is 0 Å². The molecule has 0 unspecified atom stereocenters. The number of halogens is 1. The molecular weight excluding hydrogens is 262 g/mol. The second-order valence-corrected chi connectivity index (χ2v) is 5.33. The summed E-state index contributed by atoms with van der Waals surface area (Å²) in [4.78, 5) is 4.83. The van der Waals surface area contributed by atoms with Crippen molar-refractivity contribution < 1.29 is 0 Å². The summed E-state index contributed by atoms with van der Waals surface area (Å²) in [7, 11) is 0. The molecule has 0 bridgehead atoms. The van der Waals surface area contributed by atoms with E-state index in [2.05, 4.69) is 47.1 Å². The summed E-state index contributed by atoms with van der Waals surface area (Å²) in [6.07, 6.45) is 6.16. The van der Waals surface area contributed by atoms with Gasteiger partial charge in [-0.05, 0) is 43.4 Å². The van der Waals surface area contributed by atoms with Gasteiger partial charge in [-0.2, -0.15) is 0 Å². The van der Waals surface area contributed by atoms with Crippen molar-refractivity contribution in [3.05, 3.63) is 34.3 Å². The third kappa shape index (κ3) is 3.44. The molecule has 16 heavy (non-hydrogen) atoms. The predicted molar refractivity (Wildman–Crippen MR) is 73.2 cm³/mol. The topological polar surface area (TPSA) is 12.4 Å². The Balaban J connectivity index is 2.13. The van der Waals surface area contributed by atoms with Crippen molar-refractivity contribution in [1.82, 2.24) is 0 Å². The smallest absolute Gasteiger partial charge is 0.0504 e. The number of rotatable bonds is 5. The first kappa shape index (κ1) is 11.8. The second-order valence-electron chi connectivity index (χ2n) is 4.42. The minimum atomic E-state index is 0.621. The van der Waals surface area contributed by atoms with Gasteiger partial charge in [-0.3, -0.25) is 4.99 Å². The average molecular weight is 280 g/mol. The van der Waals surface area contributed by atoms with Crippen LogP contribution in [0.3, 0.4) is 0 Å². The number of unbranched alkanes of at least 4 members (excludes halogenated alkanes) is 1. The van der Waals surface area contributed by atoms with E-state index in [0.717, 1.165) is 10.9 Å². The zero-order valence-electron chi connectivity index (χ0n) is 9.75. The first-order valence-electron chi connectivity index (χ1n) is 6.12. The number of benzene rings is 1. The summed E-state index contributed by atoms with van der Waals surface area (Å²) in [5, 5.41) is 0.